The second-order valence-corrected chi connectivity index (χ2v) is 10.4. The predicted octanol–water partition coefficient (Wildman–Crippen LogP) is 3.40. The van der Waals surface area contributed by atoms with Crippen LogP contribution in [0.15, 0.2) is 18.2 Å². The Kier molecular flexibility index (Phi) is 5.94. The van der Waals surface area contributed by atoms with Crippen molar-refractivity contribution in [2.24, 2.45) is 0 Å². The molecule has 6 rings (SSSR count). The number of fused-ring (bicyclic) bond motifs is 2. The standard InChI is InChI=1S/C26H31F2N5O3/c1-32-14-20-22(26(25(32)34)8-2-9-26)31-24(23(30-20)29-17-7-12-35-15-17)33-10-5-18(6-11-33)36-21-4-3-16(27)13-19(21)28/h3-4,13,17-18H,2,5-12,14-15H2,1H3,(H,29,30)/t17-/m1/s1. The summed E-state index contributed by atoms with van der Waals surface area (Å²) in [6, 6.07) is 3.55. The molecule has 4 aliphatic rings. The third-order valence-corrected chi connectivity index (χ3v) is 7.95. The van der Waals surface area contributed by atoms with Crippen LogP contribution in [0.4, 0.5) is 20.4 Å². The molecule has 3 aliphatic heterocycles. The van der Waals surface area contributed by atoms with Gasteiger partial charge in [0.1, 0.15) is 11.9 Å². The number of nitrogens with one attached hydrogen (secondary N) is 1. The maximum absolute atomic E-state index is 14.1. The lowest BCUT2D eigenvalue weighted by molar-refractivity contribution is -0.142. The van der Waals surface area contributed by atoms with Crippen LogP contribution in [0.2, 0.25) is 0 Å². The molecule has 1 amide bonds. The molecule has 2 saturated heterocycles. The minimum absolute atomic E-state index is 0.0709. The molecule has 1 spiro atoms. The van der Waals surface area contributed by atoms with Crippen molar-refractivity contribution in [1.82, 2.24) is 14.9 Å². The average molecular weight is 500 g/mol. The van der Waals surface area contributed by atoms with Gasteiger partial charge in [-0.25, -0.2) is 18.7 Å². The van der Waals surface area contributed by atoms with Gasteiger partial charge in [-0.2, -0.15) is 0 Å². The topological polar surface area (TPSA) is 79.8 Å². The molecule has 1 aromatic heterocycles. The molecule has 2 aromatic rings. The lowest BCUT2D eigenvalue weighted by Gasteiger charge is -2.46. The first-order valence-corrected chi connectivity index (χ1v) is 12.8. The summed E-state index contributed by atoms with van der Waals surface area (Å²) in [5, 5.41) is 3.55. The number of nitrogens with zero attached hydrogens (tertiary/aromatic N) is 4. The molecule has 0 unspecified atom stereocenters. The van der Waals surface area contributed by atoms with E-state index in [9.17, 15) is 13.6 Å². The van der Waals surface area contributed by atoms with E-state index in [0.717, 1.165) is 54.8 Å². The van der Waals surface area contributed by atoms with E-state index in [1.54, 1.807) is 4.90 Å². The molecule has 8 nitrogen and oxygen atoms in total. The number of hydrogen-bond acceptors (Lipinski definition) is 7. The Bertz CT molecular complexity index is 1160. The maximum Gasteiger partial charge on any atom is 0.234 e. The van der Waals surface area contributed by atoms with E-state index in [2.05, 4.69) is 10.2 Å². The van der Waals surface area contributed by atoms with E-state index in [-0.39, 0.29) is 23.8 Å². The van der Waals surface area contributed by atoms with Crippen molar-refractivity contribution in [2.75, 3.05) is 43.6 Å². The highest BCUT2D eigenvalue weighted by molar-refractivity contribution is 5.90. The average Bonchev–Trinajstić information content (AvgIpc) is 3.34. The van der Waals surface area contributed by atoms with Gasteiger partial charge in [-0.15, -0.1) is 0 Å². The van der Waals surface area contributed by atoms with E-state index >= 15 is 0 Å². The van der Waals surface area contributed by atoms with Gasteiger partial charge in [-0.3, -0.25) is 4.79 Å². The zero-order valence-electron chi connectivity index (χ0n) is 20.4. The number of hydrogen-bond donors (Lipinski definition) is 1. The van der Waals surface area contributed by atoms with Crippen LogP contribution < -0.4 is 15.0 Å². The number of ether oxygens (including phenoxy) is 2. The Labute approximate surface area is 209 Å². The highest BCUT2D eigenvalue weighted by Crippen LogP contribution is 2.49. The molecule has 1 saturated carbocycles. The van der Waals surface area contributed by atoms with Crippen molar-refractivity contribution in [2.45, 2.75) is 62.6 Å². The minimum atomic E-state index is -0.691. The normalized spacial score (nSPS) is 23.5. The fourth-order valence-corrected chi connectivity index (χ4v) is 5.79. The molecular weight excluding hydrogens is 468 g/mol. The van der Waals surface area contributed by atoms with Gasteiger partial charge in [0.25, 0.3) is 0 Å². The van der Waals surface area contributed by atoms with Gasteiger partial charge in [-0.05, 0) is 31.4 Å². The number of aromatic nitrogens is 2. The quantitative estimate of drug-likeness (QED) is 0.676. The van der Waals surface area contributed by atoms with Gasteiger partial charge in [0.05, 0.1) is 36.0 Å². The van der Waals surface area contributed by atoms with Crippen LogP contribution in [0.25, 0.3) is 0 Å². The summed E-state index contributed by atoms with van der Waals surface area (Å²) < 4.78 is 38.7. The number of rotatable bonds is 5. The molecule has 1 atom stereocenters. The Morgan fingerprint density at radius 2 is 1.97 bits per heavy atom. The first-order chi connectivity index (χ1) is 17.4. The molecular formula is C26H31F2N5O3. The number of piperidine rings is 1. The minimum Gasteiger partial charge on any atom is -0.487 e. The number of amides is 1. The van der Waals surface area contributed by atoms with Crippen molar-refractivity contribution in [3.63, 3.8) is 0 Å². The molecule has 1 N–H and O–H groups in total. The van der Waals surface area contributed by atoms with Crippen molar-refractivity contribution >= 4 is 17.5 Å². The predicted molar refractivity (Wildman–Crippen MR) is 129 cm³/mol. The Balaban J connectivity index is 1.26. The zero-order chi connectivity index (χ0) is 24.9. The molecule has 1 aliphatic carbocycles. The first-order valence-electron chi connectivity index (χ1n) is 12.8. The first kappa shape index (κ1) is 23.4. The highest BCUT2D eigenvalue weighted by Gasteiger charge is 2.53. The zero-order valence-corrected chi connectivity index (χ0v) is 20.4. The Hall–Kier alpha value is -3.01. The summed E-state index contributed by atoms with van der Waals surface area (Å²) in [7, 11) is 1.84. The molecule has 0 radical (unpaired) electrons. The Morgan fingerprint density at radius 1 is 1.17 bits per heavy atom. The smallest absolute Gasteiger partial charge is 0.234 e. The van der Waals surface area contributed by atoms with Crippen LogP contribution in [0, 0.1) is 11.6 Å². The number of halogens is 2. The van der Waals surface area contributed by atoms with Crippen molar-refractivity contribution < 1.29 is 23.0 Å². The van der Waals surface area contributed by atoms with Crippen molar-refractivity contribution in [3.8, 4) is 5.75 Å². The number of anilines is 2. The van der Waals surface area contributed by atoms with Crippen LogP contribution in [0.1, 0.15) is 49.9 Å². The molecule has 3 fully saturated rings. The second kappa shape index (κ2) is 9.14. The number of benzene rings is 1. The largest absolute Gasteiger partial charge is 0.487 e. The monoisotopic (exact) mass is 499 g/mol. The number of carbonyl (C=O) groups excluding carboxylic acids is 1. The van der Waals surface area contributed by atoms with Crippen LogP contribution in [-0.2, 0) is 21.5 Å². The fourth-order valence-electron chi connectivity index (χ4n) is 5.79. The van der Waals surface area contributed by atoms with Crippen molar-refractivity contribution in [1.29, 1.82) is 0 Å². The van der Waals surface area contributed by atoms with Gasteiger partial charge in [0.2, 0.25) is 5.91 Å². The van der Waals surface area contributed by atoms with E-state index in [4.69, 9.17) is 19.4 Å². The van der Waals surface area contributed by atoms with Gasteiger partial charge < -0.3 is 24.6 Å². The van der Waals surface area contributed by atoms with Gasteiger partial charge in [-0.1, -0.05) is 6.42 Å². The van der Waals surface area contributed by atoms with E-state index in [1.807, 2.05) is 7.05 Å². The molecule has 0 bridgehead atoms. The van der Waals surface area contributed by atoms with E-state index in [0.29, 0.717) is 45.7 Å². The molecule has 4 heterocycles. The third-order valence-electron chi connectivity index (χ3n) is 7.95. The SMILES string of the molecule is CN1Cc2nc(N[C@@H]3CCOC3)c(N3CCC(Oc4ccc(F)cc4F)CC3)nc2C2(CCC2)C1=O. The second-order valence-electron chi connectivity index (χ2n) is 10.4. The number of carbonyl (C=O) groups is 1. The summed E-state index contributed by atoms with van der Waals surface area (Å²) >= 11 is 0. The summed E-state index contributed by atoms with van der Waals surface area (Å²) in [6.07, 6.45) is 4.67. The third kappa shape index (κ3) is 4.05. The van der Waals surface area contributed by atoms with E-state index in [1.165, 1.54) is 12.1 Å². The highest BCUT2D eigenvalue weighted by atomic mass is 19.1. The van der Waals surface area contributed by atoms with Crippen LogP contribution >= 0.6 is 0 Å². The van der Waals surface area contributed by atoms with Gasteiger partial charge >= 0.3 is 0 Å². The fraction of sp³-hybridized carbons (Fsp3) is 0.577. The lowest BCUT2D eigenvalue weighted by Crippen LogP contribution is -2.54. The maximum atomic E-state index is 14.1. The molecule has 192 valence electrons. The molecule has 10 heteroatoms. The summed E-state index contributed by atoms with van der Waals surface area (Å²) in [6.45, 7) is 3.10. The van der Waals surface area contributed by atoms with Crippen LogP contribution in [-0.4, -0.2) is 66.3 Å². The van der Waals surface area contributed by atoms with E-state index < -0.39 is 17.0 Å². The summed E-state index contributed by atoms with van der Waals surface area (Å²) in [4.78, 5) is 27.3. The van der Waals surface area contributed by atoms with Crippen LogP contribution in [0.3, 0.4) is 0 Å². The lowest BCUT2D eigenvalue weighted by atomic mass is 9.63. The van der Waals surface area contributed by atoms with Gasteiger partial charge in [0.15, 0.2) is 23.2 Å². The van der Waals surface area contributed by atoms with Gasteiger partial charge in [0, 0.05) is 45.7 Å². The number of likely N-dealkylation sites (N-methyl/N-ethyl adjacent to an activating group) is 1. The Morgan fingerprint density at radius 3 is 2.64 bits per heavy atom. The van der Waals surface area contributed by atoms with Crippen LogP contribution in [0.5, 0.6) is 5.75 Å². The van der Waals surface area contributed by atoms with Crippen molar-refractivity contribution in [3.05, 3.63) is 41.2 Å². The molecule has 36 heavy (non-hydrogen) atoms. The summed E-state index contributed by atoms with van der Waals surface area (Å²) in [5.41, 5.74) is 1.14. The summed E-state index contributed by atoms with van der Waals surface area (Å²) in [5.74, 6) is 0.383. The molecule has 1 aromatic carbocycles.